The zero-order valence-electron chi connectivity index (χ0n) is 16.8. The number of hydrogen-bond donors (Lipinski definition) is 1. The highest BCUT2D eigenvalue weighted by Crippen LogP contribution is 2.44. The normalized spacial score (nSPS) is 26.8. The molecule has 1 aromatic carbocycles. The van der Waals surface area contributed by atoms with Crippen molar-refractivity contribution in [1.82, 2.24) is 19.5 Å². The highest BCUT2D eigenvalue weighted by molar-refractivity contribution is 5.89. The predicted octanol–water partition coefficient (Wildman–Crippen LogP) is 1.82. The van der Waals surface area contributed by atoms with E-state index in [1.165, 1.54) is 10.9 Å². The molecule has 0 spiro atoms. The standard InChI is InChI=1S/C20H20FN5O5/c1-20(2)30-13-11(8-28-18(27)10-6-4-3-5-7-10)29-17(14(13)31-20)26-9-23-12-15(22)24-19(21)25-16(12)26/h3-7,9,11,13-14,17H,8H2,1-2H3,(H2,22,24,25)/t11-,13-,14-,17-/m1/s1. The zero-order valence-corrected chi connectivity index (χ0v) is 16.8. The first-order valence-corrected chi connectivity index (χ1v) is 9.71. The lowest BCUT2D eigenvalue weighted by Crippen LogP contribution is -2.33. The SMILES string of the molecule is CC1(C)O[C@@H]2[C@H](O1)[C@@H](COC(=O)c1ccccc1)O[C@H]2n1cnc2c(N)nc(F)nc21. The molecule has 2 aliphatic rings. The summed E-state index contributed by atoms with van der Waals surface area (Å²) in [6.45, 7) is 3.51. The third-order valence-corrected chi connectivity index (χ3v) is 5.21. The van der Waals surface area contributed by atoms with Crippen molar-refractivity contribution in [1.29, 1.82) is 0 Å². The molecule has 2 saturated heterocycles. The fourth-order valence-electron chi connectivity index (χ4n) is 3.93. The molecule has 4 atom stereocenters. The summed E-state index contributed by atoms with van der Waals surface area (Å²) in [5, 5.41) is 0. The van der Waals surface area contributed by atoms with Gasteiger partial charge in [-0.15, -0.1) is 0 Å². The molecule has 2 aromatic heterocycles. The van der Waals surface area contributed by atoms with Crippen molar-refractivity contribution >= 4 is 23.0 Å². The van der Waals surface area contributed by atoms with Crippen molar-refractivity contribution in [2.24, 2.45) is 0 Å². The summed E-state index contributed by atoms with van der Waals surface area (Å²) in [7, 11) is 0. The number of aromatic nitrogens is 4. The number of nitrogen functional groups attached to an aromatic ring is 1. The minimum atomic E-state index is -0.974. The molecule has 0 aliphatic carbocycles. The van der Waals surface area contributed by atoms with E-state index in [1.54, 1.807) is 38.1 Å². The summed E-state index contributed by atoms with van der Waals surface area (Å²) in [6, 6.07) is 8.65. The van der Waals surface area contributed by atoms with Crippen molar-refractivity contribution < 1.29 is 28.1 Å². The molecular weight excluding hydrogens is 409 g/mol. The largest absolute Gasteiger partial charge is 0.459 e. The number of halogens is 1. The number of anilines is 1. The molecular formula is C20H20FN5O5. The fourth-order valence-corrected chi connectivity index (χ4v) is 3.93. The summed E-state index contributed by atoms with van der Waals surface area (Å²) in [5.74, 6) is -1.43. The van der Waals surface area contributed by atoms with Crippen molar-refractivity contribution in [2.75, 3.05) is 12.3 Å². The number of hydrogen-bond acceptors (Lipinski definition) is 9. The highest BCUT2D eigenvalue weighted by Gasteiger charge is 2.56. The van der Waals surface area contributed by atoms with Crippen LogP contribution < -0.4 is 5.73 Å². The Bertz CT molecular complexity index is 1140. The number of ether oxygens (including phenoxy) is 4. The molecule has 0 radical (unpaired) electrons. The third kappa shape index (κ3) is 3.50. The van der Waals surface area contributed by atoms with Gasteiger partial charge in [-0.3, -0.25) is 4.57 Å². The van der Waals surface area contributed by atoms with Crippen LogP contribution >= 0.6 is 0 Å². The number of fused-ring (bicyclic) bond motifs is 2. The van der Waals surface area contributed by atoms with E-state index in [-0.39, 0.29) is 23.6 Å². The number of esters is 1. The minimum absolute atomic E-state index is 0.0526. The van der Waals surface area contributed by atoms with Crippen LogP contribution in [0.5, 0.6) is 0 Å². The molecule has 0 amide bonds. The predicted molar refractivity (Wildman–Crippen MR) is 104 cm³/mol. The van der Waals surface area contributed by atoms with Crippen LogP contribution in [0.15, 0.2) is 36.7 Å². The third-order valence-electron chi connectivity index (χ3n) is 5.21. The first-order chi connectivity index (χ1) is 14.8. The molecule has 0 saturated carbocycles. The average Bonchev–Trinajstić information content (AvgIpc) is 3.38. The lowest BCUT2D eigenvalue weighted by atomic mass is 10.1. The minimum Gasteiger partial charge on any atom is -0.459 e. The lowest BCUT2D eigenvalue weighted by Gasteiger charge is -2.24. The van der Waals surface area contributed by atoms with E-state index in [0.29, 0.717) is 5.56 Å². The molecule has 5 rings (SSSR count). The van der Waals surface area contributed by atoms with Gasteiger partial charge in [0.05, 0.1) is 11.9 Å². The second-order valence-corrected chi connectivity index (χ2v) is 7.80. The number of carbonyl (C=O) groups excluding carboxylic acids is 1. The van der Waals surface area contributed by atoms with Gasteiger partial charge >= 0.3 is 12.0 Å². The Hall–Kier alpha value is -3.15. The Balaban J connectivity index is 1.42. The van der Waals surface area contributed by atoms with Gasteiger partial charge in [-0.1, -0.05) is 18.2 Å². The molecule has 0 unspecified atom stereocenters. The Morgan fingerprint density at radius 1 is 1.23 bits per heavy atom. The Kier molecular flexibility index (Phi) is 4.61. The summed E-state index contributed by atoms with van der Waals surface area (Å²) in [5.41, 5.74) is 6.61. The molecule has 10 nitrogen and oxygen atoms in total. The van der Waals surface area contributed by atoms with E-state index in [0.717, 1.165) is 0 Å². The second kappa shape index (κ2) is 7.22. The molecule has 4 heterocycles. The van der Waals surface area contributed by atoms with Crippen LogP contribution in [0.2, 0.25) is 0 Å². The quantitative estimate of drug-likeness (QED) is 0.488. The number of carbonyl (C=O) groups is 1. The van der Waals surface area contributed by atoms with Crippen LogP contribution in [0.1, 0.15) is 30.4 Å². The van der Waals surface area contributed by atoms with Gasteiger partial charge in [-0.2, -0.15) is 14.4 Å². The van der Waals surface area contributed by atoms with Crippen LogP contribution in [-0.4, -0.2) is 56.2 Å². The van der Waals surface area contributed by atoms with Crippen LogP contribution in [0.3, 0.4) is 0 Å². The number of benzene rings is 1. The van der Waals surface area contributed by atoms with E-state index in [9.17, 15) is 9.18 Å². The molecule has 2 N–H and O–H groups in total. The maximum atomic E-state index is 13.8. The van der Waals surface area contributed by atoms with Gasteiger partial charge in [0.15, 0.2) is 29.0 Å². The van der Waals surface area contributed by atoms with E-state index < -0.39 is 42.4 Å². The van der Waals surface area contributed by atoms with Gasteiger partial charge in [0.25, 0.3) is 0 Å². The van der Waals surface area contributed by atoms with E-state index in [4.69, 9.17) is 24.7 Å². The van der Waals surface area contributed by atoms with Crippen molar-refractivity contribution in [3.05, 3.63) is 48.3 Å². The van der Waals surface area contributed by atoms with Crippen LogP contribution in [0, 0.1) is 6.08 Å². The summed E-state index contributed by atoms with van der Waals surface area (Å²) < 4.78 is 38.9. The fraction of sp³-hybridized carbons (Fsp3) is 0.400. The van der Waals surface area contributed by atoms with Gasteiger partial charge in [0, 0.05) is 0 Å². The number of nitrogens with two attached hydrogens (primary N) is 1. The Labute approximate surface area is 176 Å². The smallest absolute Gasteiger partial charge is 0.338 e. The van der Waals surface area contributed by atoms with Crippen molar-refractivity contribution in [3.63, 3.8) is 0 Å². The monoisotopic (exact) mass is 429 g/mol. The maximum absolute atomic E-state index is 13.8. The molecule has 31 heavy (non-hydrogen) atoms. The van der Waals surface area contributed by atoms with E-state index >= 15 is 0 Å². The van der Waals surface area contributed by atoms with Gasteiger partial charge in [-0.05, 0) is 26.0 Å². The second-order valence-electron chi connectivity index (χ2n) is 7.80. The summed E-state index contributed by atoms with van der Waals surface area (Å²) >= 11 is 0. The first kappa shape index (κ1) is 19.8. The van der Waals surface area contributed by atoms with Crippen molar-refractivity contribution in [3.8, 4) is 0 Å². The van der Waals surface area contributed by atoms with Crippen LogP contribution in [-0.2, 0) is 18.9 Å². The zero-order chi connectivity index (χ0) is 21.8. The molecule has 3 aromatic rings. The first-order valence-electron chi connectivity index (χ1n) is 9.71. The van der Waals surface area contributed by atoms with E-state index in [1.807, 2.05) is 6.07 Å². The average molecular weight is 429 g/mol. The van der Waals surface area contributed by atoms with Gasteiger partial charge in [-0.25, -0.2) is 9.78 Å². The Morgan fingerprint density at radius 2 is 1.97 bits per heavy atom. The van der Waals surface area contributed by atoms with Crippen LogP contribution in [0.4, 0.5) is 10.2 Å². The van der Waals surface area contributed by atoms with Gasteiger partial charge in [0.1, 0.15) is 24.9 Å². The lowest BCUT2D eigenvalue weighted by molar-refractivity contribution is -0.199. The topological polar surface area (TPSA) is 124 Å². The number of nitrogens with zero attached hydrogens (tertiary/aromatic N) is 4. The molecule has 0 bridgehead atoms. The Morgan fingerprint density at radius 3 is 2.74 bits per heavy atom. The highest BCUT2D eigenvalue weighted by atomic mass is 19.1. The van der Waals surface area contributed by atoms with E-state index in [2.05, 4.69) is 15.0 Å². The number of imidazole rings is 1. The van der Waals surface area contributed by atoms with Gasteiger partial charge in [0.2, 0.25) is 0 Å². The summed E-state index contributed by atoms with van der Waals surface area (Å²) in [4.78, 5) is 23.8. The number of rotatable bonds is 4. The summed E-state index contributed by atoms with van der Waals surface area (Å²) in [6.07, 6.45) is -1.99. The van der Waals surface area contributed by atoms with Gasteiger partial charge < -0.3 is 24.7 Å². The molecule has 2 aliphatic heterocycles. The molecule has 2 fully saturated rings. The molecule has 11 heteroatoms. The maximum Gasteiger partial charge on any atom is 0.338 e. The molecule has 162 valence electrons. The van der Waals surface area contributed by atoms with Crippen LogP contribution in [0.25, 0.3) is 11.2 Å². The van der Waals surface area contributed by atoms with Crippen molar-refractivity contribution in [2.45, 2.75) is 44.2 Å².